The van der Waals surface area contributed by atoms with E-state index < -0.39 is 5.82 Å². The van der Waals surface area contributed by atoms with Crippen LogP contribution >= 0.6 is 11.6 Å². The van der Waals surface area contributed by atoms with Gasteiger partial charge in [-0.05, 0) is 75.5 Å². The highest BCUT2D eigenvalue weighted by Gasteiger charge is 2.37. The second kappa shape index (κ2) is 9.82. The number of aromatic nitrogens is 2. The lowest BCUT2D eigenvalue weighted by Crippen LogP contribution is -2.55. The van der Waals surface area contributed by atoms with Gasteiger partial charge in [0.1, 0.15) is 5.82 Å². The Morgan fingerprint density at radius 1 is 1.25 bits per heavy atom. The number of fused-ring (bicyclic) bond motifs is 1. The molecular weight excluding hydrogens is 481 g/mol. The molecule has 5 rings (SSSR count). The first-order valence-electron chi connectivity index (χ1n) is 12.4. The summed E-state index contributed by atoms with van der Waals surface area (Å²) in [4.78, 5) is 34.8. The molecule has 36 heavy (non-hydrogen) atoms. The van der Waals surface area contributed by atoms with E-state index in [1.54, 1.807) is 29.6 Å². The summed E-state index contributed by atoms with van der Waals surface area (Å²) < 4.78 is 16.0. The molecule has 2 fully saturated rings. The molecule has 1 aromatic carbocycles. The van der Waals surface area contributed by atoms with Crippen LogP contribution in [0.1, 0.15) is 54.9 Å². The molecule has 1 N–H and O–H groups in total. The molecule has 190 valence electrons. The van der Waals surface area contributed by atoms with E-state index >= 15 is 0 Å². The SMILES string of the molecule is CC1(C)CCCN1CC(=O)N[C@@H]1CN(C(=O)c2cccn3cncc23)CC[C@H]1c1cc(F)cc(Cl)c1. The maximum absolute atomic E-state index is 14.2. The van der Waals surface area contributed by atoms with E-state index in [9.17, 15) is 14.0 Å². The Kier molecular flexibility index (Phi) is 6.74. The van der Waals surface area contributed by atoms with Crippen LogP contribution in [0.15, 0.2) is 49.1 Å². The van der Waals surface area contributed by atoms with E-state index in [0.717, 1.165) is 30.5 Å². The first kappa shape index (κ1) is 24.7. The second-order valence-electron chi connectivity index (χ2n) is 10.5. The van der Waals surface area contributed by atoms with Crippen LogP contribution in [0.2, 0.25) is 5.02 Å². The summed E-state index contributed by atoms with van der Waals surface area (Å²) in [6.07, 6.45) is 7.88. The number of imidazole rings is 1. The molecule has 2 saturated heterocycles. The number of carbonyl (C=O) groups excluding carboxylic acids is 2. The lowest BCUT2D eigenvalue weighted by molar-refractivity contribution is -0.124. The van der Waals surface area contributed by atoms with Gasteiger partial charge < -0.3 is 14.6 Å². The maximum atomic E-state index is 14.2. The van der Waals surface area contributed by atoms with Crippen LogP contribution in [-0.2, 0) is 4.79 Å². The number of rotatable bonds is 5. The minimum atomic E-state index is -0.410. The maximum Gasteiger partial charge on any atom is 0.256 e. The summed E-state index contributed by atoms with van der Waals surface area (Å²) in [5.74, 6) is -0.776. The first-order valence-corrected chi connectivity index (χ1v) is 12.8. The average molecular weight is 512 g/mol. The van der Waals surface area contributed by atoms with Crippen LogP contribution in [0.25, 0.3) is 5.52 Å². The van der Waals surface area contributed by atoms with E-state index in [0.29, 0.717) is 36.6 Å². The molecule has 0 unspecified atom stereocenters. The predicted octanol–water partition coefficient (Wildman–Crippen LogP) is 4.12. The molecular formula is C27H31ClFN5O2. The standard InChI is InChI=1S/C27H31ClFN5O2/c1-27(2)7-4-9-34(27)16-25(35)31-23-15-32(10-6-21(23)18-11-19(28)13-20(29)12-18)26(36)22-5-3-8-33-17-30-14-24(22)33/h3,5,8,11-14,17,21,23H,4,6-7,9-10,15-16H2,1-2H3,(H,31,35)/t21-,23+/m0/s1. The zero-order valence-corrected chi connectivity index (χ0v) is 21.3. The van der Waals surface area contributed by atoms with Crippen molar-refractivity contribution in [2.45, 2.75) is 50.6 Å². The Morgan fingerprint density at radius 2 is 2.08 bits per heavy atom. The van der Waals surface area contributed by atoms with Crippen molar-refractivity contribution in [2.75, 3.05) is 26.2 Å². The number of likely N-dealkylation sites (tertiary alicyclic amines) is 2. The number of pyridine rings is 1. The minimum absolute atomic E-state index is 0.0225. The highest BCUT2D eigenvalue weighted by atomic mass is 35.5. The minimum Gasteiger partial charge on any atom is -0.350 e. The van der Waals surface area contributed by atoms with Crippen LogP contribution in [0, 0.1) is 5.82 Å². The number of piperidine rings is 1. The monoisotopic (exact) mass is 511 g/mol. The van der Waals surface area contributed by atoms with E-state index in [2.05, 4.69) is 29.0 Å². The lowest BCUT2D eigenvalue weighted by atomic mass is 9.84. The molecule has 0 saturated carbocycles. The van der Waals surface area contributed by atoms with E-state index in [-0.39, 0.29) is 29.3 Å². The van der Waals surface area contributed by atoms with Crippen LogP contribution < -0.4 is 5.32 Å². The zero-order valence-electron chi connectivity index (χ0n) is 20.6. The fraction of sp³-hybridized carbons (Fsp3) is 0.444. The molecule has 2 aliphatic rings. The average Bonchev–Trinajstić information content (AvgIpc) is 3.43. The molecule has 0 bridgehead atoms. The second-order valence-corrected chi connectivity index (χ2v) is 10.9. The normalized spacial score (nSPS) is 22.2. The van der Waals surface area contributed by atoms with Crippen molar-refractivity contribution in [3.63, 3.8) is 0 Å². The van der Waals surface area contributed by atoms with Crippen molar-refractivity contribution < 1.29 is 14.0 Å². The molecule has 0 radical (unpaired) electrons. The van der Waals surface area contributed by atoms with Gasteiger partial charge in [-0.2, -0.15) is 0 Å². The fourth-order valence-electron chi connectivity index (χ4n) is 5.65. The van der Waals surface area contributed by atoms with Gasteiger partial charge in [0.2, 0.25) is 5.91 Å². The summed E-state index contributed by atoms with van der Waals surface area (Å²) >= 11 is 6.16. The molecule has 2 aromatic heterocycles. The van der Waals surface area contributed by atoms with Crippen molar-refractivity contribution in [1.29, 1.82) is 0 Å². The number of benzene rings is 1. The van der Waals surface area contributed by atoms with Crippen molar-refractivity contribution in [1.82, 2.24) is 24.5 Å². The van der Waals surface area contributed by atoms with E-state index in [1.165, 1.54) is 12.1 Å². The first-order chi connectivity index (χ1) is 17.2. The van der Waals surface area contributed by atoms with Gasteiger partial charge in [0.15, 0.2) is 0 Å². The van der Waals surface area contributed by atoms with Gasteiger partial charge in [0.05, 0.1) is 36.2 Å². The molecule has 4 heterocycles. The highest BCUT2D eigenvalue weighted by molar-refractivity contribution is 6.30. The molecule has 0 aliphatic carbocycles. The van der Waals surface area contributed by atoms with E-state index in [4.69, 9.17) is 11.6 Å². The van der Waals surface area contributed by atoms with Crippen LogP contribution in [0.3, 0.4) is 0 Å². The van der Waals surface area contributed by atoms with Crippen LogP contribution in [-0.4, -0.2) is 68.8 Å². The van der Waals surface area contributed by atoms with Crippen molar-refractivity contribution >= 4 is 28.9 Å². The fourth-order valence-corrected chi connectivity index (χ4v) is 5.88. The van der Waals surface area contributed by atoms with Gasteiger partial charge in [0, 0.05) is 35.8 Å². The molecule has 9 heteroatoms. The van der Waals surface area contributed by atoms with Crippen molar-refractivity contribution in [3.8, 4) is 0 Å². The third-order valence-corrected chi connectivity index (χ3v) is 7.87. The number of nitrogens with one attached hydrogen (secondary N) is 1. The largest absolute Gasteiger partial charge is 0.350 e. The Morgan fingerprint density at radius 3 is 2.83 bits per heavy atom. The smallest absolute Gasteiger partial charge is 0.256 e. The van der Waals surface area contributed by atoms with Crippen LogP contribution in [0.4, 0.5) is 4.39 Å². The summed E-state index contributed by atoms with van der Waals surface area (Å²) in [6, 6.07) is 7.75. The van der Waals surface area contributed by atoms with Crippen molar-refractivity contribution in [3.05, 3.63) is 71.0 Å². The van der Waals surface area contributed by atoms with Gasteiger partial charge in [-0.25, -0.2) is 9.37 Å². The third-order valence-electron chi connectivity index (χ3n) is 7.65. The van der Waals surface area contributed by atoms with Gasteiger partial charge >= 0.3 is 0 Å². The van der Waals surface area contributed by atoms with Gasteiger partial charge in [-0.1, -0.05) is 11.6 Å². The Balaban J connectivity index is 1.39. The quantitative estimate of drug-likeness (QED) is 0.559. The predicted molar refractivity (Wildman–Crippen MR) is 137 cm³/mol. The topological polar surface area (TPSA) is 70.0 Å². The number of halogens is 2. The van der Waals surface area contributed by atoms with Crippen LogP contribution in [0.5, 0.6) is 0 Å². The Labute approximate surface area is 215 Å². The number of carbonyl (C=O) groups is 2. The zero-order chi connectivity index (χ0) is 25.4. The molecule has 2 aliphatic heterocycles. The summed E-state index contributed by atoms with van der Waals surface area (Å²) in [6.45, 7) is 6.29. The molecule has 2 atom stereocenters. The molecule has 7 nitrogen and oxygen atoms in total. The Bertz CT molecular complexity index is 1270. The summed E-state index contributed by atoms with van der Waals surface area (Å²) in [5, 5.41) is 3.50. The number of hydrogen-bond donors (Lipinski definition) is 1. The van der Waals surface area contributed by atoms with Gasteiger partial charge in [0.25, 0.3) is 5.91 Å². The molecule has 0 spiro atoms. The molecule has 2 amide bonds. The number of nitrogens with zero attached hydrogens (tertiary/aromatic N) is 4. The Hall–Kier alpha value is -2.97. The number of hydrogen-bond acceptors (Lipinski definition) is 4. The van der Waals surface area contributed by atoms with Gasteiger partial charge in [-0.3, -0.25) is 14.5 Å². The van der Waals surface area contributed by atoms with Crippen molar-refractivity contribution in [2.24, 2.45) is 0 Å². The molecule has 3 aromatic rings. The summed E-state index contributed by atoms with van der Waals surface area (Å²) in [5.41, 5.74) is 2.01. The summed E-state index contributed by atoms with van der Waals surface area (Å²) in [7, 11) is 0. The van der Waals surface area contributed by atoms with E-state index in [1.807, 2.05) is 16.7 Å². The third kappa shape index (κ3) is 4.97. The highest BCUT2D eigenvalue weighted by Crippen LogP contribution is 2.32. The lowest BCUT2D eigenvalue weighted by Gasteiger charge is -2.40. The van der Waals surface area contributed by atoms with Gasteiger partial charge in [-0.15, -0.1) is 0 Å². The number of amides is 2.